The highest BCUT2D eigenvalue weighted by Gasteiger charge is 2.09. The van der Waals surface area contributed by atoms with Crippen molar-refractivity contribution in [3.8, 4) is 0 Å². The lowest BCUT2D eigenvalue weighted by Crippen LogP contribution is -2.38. The molecular weight excluding hydrogens is 312 g/mol. The minimum atomic E-state index is 0.247. The predicted molar refractivity (Wildman–Crippen MR) is 88.5 cm³/mol. The fraction of sp³-hybridized carbons (Fsp3) is 0.294. The molecule has 0 aliphatic carbocycles. The third-order valence-electron chi connectivity index (χ3n) is 3.52. The van der Waals surface area contributed by atoms with E-state index in [0.29, 0.717) is 0 Å². The van der Waals surface area contributed by atoms with E-state index >= 15 is 0 Å². The molecule has 2 aromatic carbocycles. The molecule has 106 valence electrons. The Hall–Kier alpha value is -1.16. The Bertz CT molecular complexity index is 537. The number of nitrogens with two attached hydrogens (primary N) is 1. The second kappa shape index (κ2) is 7.58. The molecule has 0 saturated carbocycles. The van der Waals surface area contributed by atoms with Crippen molar-refractivity contribution < 1.29 is 0 Å². The summed E-state index contributed by atoms with van der Waals surface area (Å²) < 4.78 is 1.11. The number of hydrazine groups is 1. The molecule has 1 atom stereocenters. The third kappa shape index (κ3) is 4.44. The van der Waals surface area contributed by atoms with Gasteiger partial charge in [0.15, 0.2) is 0 Å². The van der Waals surface area contributed by atoms with Crippen molar-refractivity contribution in [1.29, 1.82) is 0 Å². The molecule has 3 N–H and O–H groups in total. The molecule has 0 spiro atoms. The van der Waals surface area contributed by atoms with Gasteiger partial charge in [-0.2, -0.15) is 0 Å². The largest absolute Gasteiger partial charge is 0.271 e. The summed E-state index contributed by atoms with van der Waals surface area (Å²) in [5.74, 6) is 5.70. The third-order valence-corrected chi connectivity index (χ3v) is 4.01. The number of hydrogen-bond donors (Lipinski definition) is 2. The monoisotopic (exact) mass is 332 g/mol. The van der Waals surface area contributed by atoms with Crippen LogP contribution in [0, 0.1) is 0 Å². The van der Waals surface area contributed by atoms with Gasteiger partial charge in [-0.25, -0.2) is 0 Å². The van der Waals surface area contributed by atoms with Gasteiger partial charge in [0.05, 0.1) is 0 Å². The van der Waals surface area contributed by atoms with E-state index in [-0.39, 0.29) is 6.04 Å². The molecule has 2 aromatic rings. The Labute approximate surface area is 129 Å². The van der Waals surface area contributed by atoms with Crippen LogP contribution in [-0.4, -0.2) is 6.04 Å². The van der Waals surface area contributed by atoms with Gasteiger partial charge < -0.3 is 0 Å². The Morgan fingerprint density at radius 2 is 1.65 bits per heavy atom. The molecule has 0 amide bonds. The van der Waals surface area contributed by atoms with Crippen molar-refractivity contribution in [2.45, 2.75) is 32.2 Å². The van der Waals surface area contributed by atoms with Gasteiger partial charge in [-0.1, -0.05) is 59.3 Å². The highest BCUT2D eigenvalue weighted by atomic mass is 79.9. The lowest BCUT2D eigenvalue weighted by atomic mass is 9.98. The number of halogens is 1. The van der Waals surface area contributed by atoms with Crippen LogP contribution in [0.2, 0.25) is 0 Å². The maximum atomic E-state index is 5.70. The summed E-state index contributed by atoms with van der Waals surface area (Å²) in [7, 11) is 0. The van der Waals surface area contributed by atoms with Crippen molar-refractivity contribution in [2.75, 3.05) is 0 Å². The average molecular weight is 333 g/mol. The maximum Gasteiger partial charge on any atom is 0.0291 e. The van der Waals surface area contributed by atoms with Crippen LogP contribution in [0.4, 0.5) is 0 Å². The van der Waals surface area contributed by atoms with E-state index in [1.165, 1.54) is 16.7 Å². The van der Waals surface area contributed by atoms with Gasteiger partial charge in [-0.3, -0.25) is 11.3 Å². The van der Waals surface area contributed by atoms with Crippen LogP contribution in [-0.2, 0) is 19.3 Å². The summed E-state index contributed by atoms with van der Waals surface area (Å²) >= 11 is 3.51. The molecule has 0 fully saturated rings. The van der Waals surface area contributed by atoms with Gasteiger partial charge in [0.1, 0.15) is 0 Å². The van der Waals surface area contributed by atoms with Crippen LogP contribution in [0.25, 0.3) is 0 Å². The highest BCUT2D eigenvalue weighted by Crippen LogP contribution is 2.15. The van der Waals surface area contributed by atoms with Crippen LogP contribution in [0.3, 0.4) is 0 Å². The number of nitrogens with one attached hydrogen (secondary N) is 1. The molecule has 0 aliphatic heterocycles. The van der Waals surface area contributed by atoms with E-state index in [4.69, 9.17) is 5.84 Å². The molecule has 2 rings (SSSR count). The smallest absolute Gasteiger partial charge is 0.0291 e. The lowest BCUT2D eigenvalue weighted by molar-refractivity contribution is 0.522. The first-order valence-corrected chi connectivity index (χ1v) is 7.79. The summed E-state index contributed by atoms with van der Waals surface area (Å²) in [4.78, 5) is 0. The summed E-state index contributed by atoms with van der Waals surface area (Å²) in [5.41, 5.74) is 6.91. The van der Waals surface area contributed by atoms with Crippen LogP contribution in [0.15, 0.2) is 53.0 Å². The van der Waals surface area contributed by atoms with Gasteiger partial charge in [-0.05, 0) is 48.1 Å². The standard InChI is InChI=1S/C17H21BrN2/c1-2-13-6-8-14(9-7-13)11-17(20-19)12-15-4-3-5-16(18)10-15/h3-10,17,20H,2,11-12,19H2,1H3. The van der Waals surface area contributed by atoms with E-state index in [2.05, 4.69) is 70.7 Å². The molecule has 0 bridgehead atoms. The van der Waals surface area contributed by atoms with Gasteiger partial charge in [0, 0.05) is 10.5 Å². The van der Waals surface area contributed by atoms with Gasteiger partial charge >= 0.3 is 0 Å². The van der Waals surface area contributed by atoms with Crippen LogP contribution in [0.1, 0.15) is 23.6 Å². The fourth-order valence-electron chi connectivity index (χ4n) is 2.33. The average Bonchev–Trinajstić information content (AvgIpc) is 2.47. The molecule has 20 heavy (non-hydrogen) atoms. The second-order valence-corrected chi connectivity index (χ2v) is 5.99. The van der Waals surface area contributed by atoms with Crippen LogP contribution >= 0.6 is 15.9 Å². The normalized spacial score (nSPS) is 12.3. The zero-order chi connectivity index (χ0) is 14.4. The molecule has 2 nitrogen and oxygen atoms in total. The number of benzene rings is 2. The topological polar surface area (TPSA) is 38.0 Å². The maximum absolute atomic E-state index is 5.70. The van der Waals surface area contributed by atoms with E-state index < -0.39 is 0 Å². The molecule has 3 heteroatoms. The van der Waals surface area contributed by atoms with Crippen molar-refractivity contribution in [3.05, 3.63) is 69.7 Å². The van der Waals surface area contributed by atoms with Gasteiger partial charge in [0.2, 0.25) is 0 Å². The van der Waals surface area contributed by atoms with E-state index in [0.717, 1.165) is 23.7 Å². The summed E-state index contributed by atoms with van der Waals surface area (Å²) in [6, 6.07) is 17.4. The van der Waals surface area contributed by atoms with Crippen molar-refractivity contribution in [1.82, 2.24) is 5.43 Å². The molecule has 0 radical (unpaired) electrons. The first-order valence-electron chi connectivity index (χ1n) is 6.99. The number of rotatable bonds is 6. The molecule has 0 heterocycles. The molecular formula is C17H21BrN2. The zero-order valence-electron chi connectivity index (χ0n) is 11.8. The zero-order valence-corrected chi connectivity index (χ0v) is 13.4. The van der Waals surface area contributed by atoms with Gasteiger partial charge in [0.25, 0.3) is 0 Å². The molecule has 0 saturated heterocycles. The predicted octanol–water partition coefficient (Wildman–Crippen LogP) is 3.63. The van der Waals surface area contributed by atoms with Crippen LogP contribution < -0.4 is 11.3 Å². The molecule has 0 aliphatic rings. The minimum absolute atomic E-state index is 0.247. The lowest BCUT2D eigenvalue weighted by Gasteiger charge is -2.16. The van der Waals surface area contributed by atoms with Crippen molar-refractivity contribution >= 4 is 15.9 Å². The summed E-state index contributed by atoms with van der Waals surface area (Å²) in [5, 5.41) is 0. The summed E-state index contributed by atoms with van der Waals surface area (Å²) in [6.07, 6.45) is 2.94. The van der Waals surface area contributed by atoms with Crippen molar-refractivity contribution in [3.63, 3.8) is 0 Å². The SMILES string of the molecule is CCc1ccc(CC(Cc2cccc(Br)c2)NN)cc1. The molecule has 0 aromatic heterocycles. The van der Waals surface area contributed by atoms with E-state index in [9.17, 15) is 0 Å². The summed E-state index contributed by atoms with van der Waals surface area (Å²) in [6.45, 7) is 2.17. The molecule has 1 unspecified atom stereocenters. The van der Waals surface area contributed by atoms with Crippen LogP contribution in [0.5, 0.6) is 0 Å². The Kier molecular flexibility index (Phi) is 5.77. The fourth-order valence-corrected chi connectivity index (χ4v) is 2.78. The Morgan fingerprint density at radius 1 is 1.00 bits per heavy atom. The number of aryl methyl sites for hydroxylation is 1. The highest BCUT2D eigenvalue weighted by molar-refractivity contribution is 9.10. The van der Waals surface area contributed by atoms with Gasteiger partial charge in [-0.15, -0.1) is 0 Å². The first kappa shape index (κ1) is 15.2. The minimum Gasteiger partial charge on any atom is -0.271 e. The quantitative estimate of drug-likeness (QED) is 0.626. The Balaban J connectivity index is 2.01. The Morgan fingerprint density at radius 3 is 2.25 bits per heavy atom. The van der Waals surface area contributed by atoms with E-state index in [1.807, 2.05) is 6.07 Å². The first-order chi connectivity index (χ1) is 9.71. The number of hydrogen-bond acceptors (Lipinski definition) is 2. The second-order valence-electron chi connectivity index (χ2n) is 5.07. The van der Waals surface area contributed by atoms with E-state index in [1.54, 1.807) is 0 Å². The van der Waals surface area contributed by atoms with Crippen molar-refractivity contribution in [2.24, 2.45) is 5.84 Å².